The molecule has 0 spiro atoms. The summed E-state index contributed by atoms with van der Waals surface area (Å²) in [6.45, 7) is 0. The number of benzene rings is 6. The van der Waals surface area contributed by atoms with E-state index in [0.717, 1.165) is 0 Å². The molecular weight excluding hydrogens is 360 g/mol. The van der Waals surface area contributed by atoms with Crippen molar-refractivity contribution in [2.45, 2.75) is 0 Å². The molecule has 0 N–H and O–H groups in total. The van der Waals surface area contributed by atoms with Gasteiger partial charge in [-0.2, -0.15) is 0 Å². The Labute approximate surface area is 176 Å². The number of hydrogen-bond donors (Lipinski definition) is 0. The summed E-state index contributed by atoms with van der Waals surface area (Å²) in [5.41, 5.74) is 5.14. The van der Waals surface area contributed by atoms with Crippen LogP contribution in [0.1, 0.15) is 0 Å². The average Bonchev–Trinajstić information content (AvgIpc) is 2.82. The first-order valence-electron chi connectivity index (χ1n) is 10.4. The van der Waals surface area contributed by atoms with Crippen molar-refractivity contribution in [1.29, 1.82) is 0 Å². The normalized spacial score (nSPS) is 11.3. The Morgan fingerprint density at radius 3 is 1.43 bits per heavy atom. The number of rotatable bonds is 2. The summed E-state index contributed by atoms with van der Waals surface area (Å²) in [5, 5.41) is 7.74. The molecule has 140 valence electrons. The fourth-order valence-electron chi connectivity index (χ4n) is 4.69. The summed E-state index contributed by atoms with van der Waals surface area (Å²) in [6.07, 6.45) is 0. The highest BCUT2D eigenvalue weighted by Crippen LogP contribution is 2.41. The second-order valence-electron chi connectivity index (χ2n) is 7.77. The maximum Gasteiger partial charge on any atom is -0.00206 e. The first-order valence-corrected chi connectivity index (χ1v) is 10.4. The van der Waals surface area contributed by atoms with Gasteiger partial charge >= 0.3 is 0 Å². The van der Waals surface area contributed by atoms with Crippen LogP contribution in [-0.4, -0.2) is 0 Å². The van der Waals surface area contributed by atoms with Gasteiger partial charge in [-0.05, 0) is 60.6 Å². The third-order valence-corrected chi connectivity index (χ3v) is 6.05. The van der Waals surface area contributed by atoms with E-state index in [2.05, 4.69) is 121 Å². The Hall–Kier alpha value is -3.90. The van der Waals surface area contributed by atoms with Crippen LogP contribution in [0.3, 0.4) is 0 Å². The number of fused-ring (bicyclic) bond motifs is 3. The molecule has 0 heteroatoms. The van der Waals surface area contributed by atoms with E-state index in [1.807, 2.05) is 0 Å². The fraction of sp³-hybridized carbons (Fsp3) is 0. The molecule has 0 aromatic heterocycles. The maximum absolute atomic E-state index is 2.30. The Bertz CT molecular complexity index is 1470. The quantitative estimate of drug-likeness (QED) is 0.264. The van der Waals surface area contributed by atoms with Crippen molar-refractivity contribution in [3.63, 3.8) is 0 Å². The van der Waals surface area contributed by atoms with Gasteiger partial charge in [0.2, 0.25) is 0 Å². The molecule has 0 aliphatic carbocycles. The van der Waals surface area contributed by atoms with Gasteiger partial charge in [0.15, 0.2) is 0 Å². The molecule has 0 aliphatic rings. The topological polar surface area (TPSA) is 0 Å². The molecule has 0 saturated carbocycles. The van der Waals surface area contributed by atoms with Crippen molar-refractivity contribution in [2.24, 2.45) is 0 Å². The Morgan fingerprint density at radius 1 is 0.333 bits per heavy atom. The summed E-state index contributed by atoms with van der Waals surface area (Å²) < 4.78 is 0. The van der Waals surface area contributed by atoms with Crippen LogP contribution in [0, 0.1) is 0 Å². The zero-order valence-electron chi connectivity index (χ0n) is 16.5. The Morgan fingerprint density at radius 2 is 0.800 bits per heavy atom. The first kappa shape index (κ1) is 17.0. The van der Waals surface area contributed by atoms with Crippen LogP contribution in [0.5, 0.6) is 0 Å². The van der Waals surface area contributed by atoms with Crippen LogP contribution in [0.15, 0.2) is 121 Å². The smallest absolute Gasteiger partial charge is 0.00206 e. The molecule has 0 heterocycles. The summed E-state index contributed by atoms with van der Waals surface area (Å²) in [7, 11) is 0. The van der Waals surface area contributed by atoms with Gasteiger partial charge < -0.3 is 0 Å². The maximum atomic E-state index is 2.30. The second-order valence-corrected chi connectivity index (χ2v) is 7.77. The van der Waals surface area contributed by atoms with Gasteiger partial charge in [-0.3, -0.25) is 0 Å². The van der Waals surface area contributed by atoms with E-state index in [1.165, 1.54) is 54.6 Å². The molecule has 0 aliphatic heterocycles. The average molecular weight is 380 g/mol. The molecule has 0 amide bonds. The first-order chi connectivity index (χ1) is 14.9. The van der Waals surface area contributed by atoms with E-state index in [0.29, 0.717) is 0 Å². The lowest BCUT2D eigenvalue weighted by molar-refractivity contribution is 1.64. The second kappa shape index (κ2) is 6.86. The van der Waals surface area contributed by atoms with Crippen LogP contribution in [-0.2, 0) is 0 Å². The van der Waals surface area contributed by atoms with E-state index in [4.69, 9.17) is 0 Å². The molecule has 0 nitrogen and oxygen atoms in total. The van der Waals surface area contributed by atoms with Crippen LogP contribution >= 0.6 is 0 Å². The molecule has 0 saturated heterocycles. The van der Waals surface area contributed by atoms with Crippen LogP contribution in [0.2, 0.25) is 0 Å². The summed E-state index contributed by atoms with van der Waals surface area (Å²) in [6, 6.07) is 43.8. The zero-order valence-corrected chi connectivity index (χ0v) is 16.5. The predicted molar refractivity (Wildman–Crippen MR) is 130 cm³/mol. The fourth-order valence-corrected chi connectivity index (χ4v) is 4.69. The van der Waals surface area contributed by atoms with E-state index in [-0.39, 0.29) is 0 Å². The lowest BCUT2D eigenvalue weighted by Gasteiger charge is -2.16. The highest BCUT2D eigenvalue weighted by molar-refractivity contribution is 6.18. The zero-order chi connectivity index (χ0) is 19.9. The van der Waals surface area contributed by atoms with Gasteiger partial charge in [0, 0.05) is 0 Å². The monoisotopic (exact) mass is 380 g/mol. The van der Waals surface area contributed by atoms with Gasteiger partial charge in [-0.25, -0.2) is 0 Å². The lowest BCUT2D eigenvalue weighted by Crippen LogP contribution is -1.89. The minimum absolute atomic E-state index is 1.25. The largest absolute Gasteiger partial charge is 0.0622 e. The van der Waals surface area contributed by atoms with E-state index >= 15 is 0 Å². The lowest BCUT2D eigenvalue weighted by atomic mass is 9.87. The highest BCUT2D eigenvalue weighted by Gasteiger charge is 2.14. The summed E-state index contributed by atoms with van der Waals surface area (Å²) in [5.74, 6) is 0. The van der Waals surface area contributed by atoms with Crippen molar-refractivity contribution in [3.05, 3.63) is 121 Å². The molecular formula is C30H20. The van der Waals surface area contributed by atoms with E-state index < -0.39 is 0 Å². The molecule has 6 rings (SSSR count). The van der Waals surface area contributed by atoms with E-state index in [1.54, 1.807) is 0 Å². The summed E-state index contributed by atoms with van der Waals surface area (Å²) >= 11 is 0. The molecule has 6 aromatic rings. The van der Waals surface area contributed by atoms with Crippen molar-refractivity contribution in [2.75, 3.05) is 0 Å². The minimum Gasteiger partial charge on any atom is -0.0622 e. The molecule has 6 aromatic carbocycles. The summed E-state index contributed by atoms with van der Waals surface area (Å²) in [4.78, 5) is 0. The van der Waals surface area contributed by atoms with Gasteiger partial charge in [0.25, 0.3) is 0 Å². The van der Waals surface area contributed by atoms with Crippen molar-refractivity contribution in [1.82, 2.24) is 0 Å². The highest BCUT2D eigenvalue weighted by atomic mass is 14.2. The number of hydrogen-bond acceptors (Lipinski definition) is 0. The van der Waals surface area contributed by atoms with Crippen molar-refractivity contribution in [3.8, 4) is 22.3 Å². The Balaban J connectivity index is 1.76. The predicted octanol–water partition coefficient (Wildman–Crippen LogP) is 8.48. The molecule has 0 radical (unpaired) electrons. The van der Waals surface area contributed by atoms with Gasteiger partial charge in [0.1, 0.15) is 0 Å². The van der Waals surface area contributed by atoms with Gasteiger partial charge in [-0.15, -0.1) is 0 Å². The van der Waals surface area contributed by atoms with Crippen LogP contribution in [0.4, 0.5) is 0 Å². The Kier molecular flexibility index (Phi) is 3.89. The third kappa shape index (κ3) is 2.62. The molecule has 0 atom stereocenters. The van der Waals surface area contributed by atoms with E-state index in [9.17, 15) is 0 Å². The molecule has 0 bridgehead atoms. The third-order valence-electron chi connectivity index (χ3n) is 6.05. The van der Waals surface area contributed by atoms with Crippen molar-refractivity contribution >= 4 is 32.3 Å². The molecule has 0 unspecified atom stereocenters. The molecule has 0 fully saturated rings. The van der Waals surface area contributed by atoms with Gasteiger partial charge in [-0.1, -0.05) is 115 Å². The SMILES string of the molecule is c1ccc(-c2ccc(-c3c4ccccc4cc4ccccc34)c3ccccc23)cc1. The van der Waals surface area contributed by atoms with Gasteiger partial charge in [0.05, 0.1) is 0 Å². The van der Waals surface area contributed by atoms with Crippen molar-refractivity contribution < 1.29 is 0 Å². The van der Waals surface area contributed by atoms with Crippen LogP contribution < -0.4 is 0 Å². The minimum atomic E-state index is 1.25. The standard InChI is InChI=1S/C30H20/c1-2-10-21(11-3-1)24-18-19-29(28-17-9-8-16-27(24)28)30-25-14-6-4-12-22(25)20-23-13-5-7-15-26(23)30/h1-20H. The molecule has 30 heavy (non-hydrogen) atoms. The van der Waals surface area contributed by atoms with Crippen LogP contribution in [0.25, 0.3) is 54.6 Å².